The van der Waals surface area contributed by atoms with Crippen molar-refractivity contribution in [3.63, 3.8) is 0 Å². The molecule has 18 heavy (non-hydrogen) atoms. The Morgan fingerprint density at radius 2 is 1.61 bits per heavy atom. The molecular weight excluding hydrogens is 220 g/mol. The Balaban J connectivity index is 3.75. The first-order valence-corrected chi connectivity index (χ1v) is 7.89. The second-order valence-electron chi connectivity index (χ2n) is 6.53. The van der Waals surface area contributed by atoms with E-state index in [9.17, 15) is 0 Å². The van der Waals surface area contributed by atoms with Crippen LogP contribution in [0.15, 0.2) is 0 Å². The number of rotatable bonds is 10. The van der Waals surface area contributed by atoms with E-state index in [1.54, 1.807) is 0 Å². The molecule has 0 aromatic rings. The average molecular weight is 256 g/mol. The van der Waals surface area contributed by atoms with Crippen LogP contribution >= 0.6 is 0 Å². The molecule has 0 saturated carbocycles. The summed E-state index contributed by atoms with van der Waals surface area (Å²) in [5.74, 6) is 0. The summed E-state index contributed by atoms with van der Waals surface area (Å²) < 4.78 is 0. The second kappa shape index (κ2) is 9.80. The topological polar surface area (TPSA) is 15.3 Å². The van der Waals surface area contributed by atoms with Gasteiger partial charge in [0.05, 0.1) is 0 Å². The standard InChI is InChI=1S/C16H36N2/c1-7-9-13-18(15(3)8-2)14-11-10-12-17-16(4,5)6/h15,17H,7-14H2,1-6H3. The lowest BCUT2D eigenvalue weighted by molar-refractivity contribution is 0.196. The van der Waals surface area contributed by atoms with E-state index in [4.69, 9.17) is 0 Å². The molecule has 1 atom stereocenters. The van der Waals surface area contributed by atoms with Crippen LogP contribution in [0.5, 0.6) is 0 Å². The summed E-state index contributed by atoms with van der Waals surface area (Å²) in [5, 5.41) is 3.56. The van der Waals surface area contributed by atoms with Gasteiger partial charge in [-0.15, -0.1) is 0 Å². The molecule has 0 radical (unpaired) electrons. The maximum Gasteiger partial charge on any atom is 0.00965 e. The average Bonchev–Trinajstić information content (AvgIpc) is 2.30. The highest BCUT2D eigenvalue weighted by Crippen LogP contribution is 2.08. The monoisotopic (exact) mass is 256 g/mol. The number of nitrogens with one attached hydrogen (secondary N) is 1. The van der Waals surface area contributed by atoms with Crippen LogP contribution < -0.4 is 5.32 Å². The maximum absolute atomic E-state index is 3.56. The second-order valence-corrected chi connectivity index (χ2v) is 6.53. The smallest absolute Gasteiger partial charge is 0.00965 e. The molecular formula is C16H36N2. The van der Waals surface area contributed by atoms with Gasteiger partial charge in [-0.2, -0.15) is 0 Å². The molecule has 2 heteroatoms. The van der Waals surface area contributed by atoms with Gasteiger partial charge in [0.25, 0.3) is 0 Å². The van der Waals surface area contributed by atoms with Gasteiger partial charge in [-0.1, -0.05) is 20.3 Å². The van der Waals surface area contributed by atoms with Gasteiger partial charge < -0.3 is 10.2 Å². The van der Waals surface area contributed by atoms with Gasteiger partial charge in [0.1, 0.15) is 0 Å². The quantitative estimate of drug-likeness (QED) is 0.593. The zero-order chi connectivity index (χ0) is 14.0. The molecule has 0 spiro atoms. The molecule has 0 rings (SSSR count). The molecule has 0 bridgehead atoms. The lowest BCUT2D eigenvalue weighted by Crippen LogP contribution is -2.37. The van der Waals surface area contributed by atoms with Gasteiger partial charge in [-0.25, -0.2) is 0 Å². The Hall–Kier alpha value is -0.0800. The summed E-state index contributed by atoms with van der Waals surface area (Å²) in [4.78, 5) is 2.67. The Kier molecular flexibility index (Phi) is 9.76. The van der Waals surface area contributed by atoms with Crippen molar-refractivity contribution in [2.24, 2.45) is 0 Å². The van der Waals surface area contributed by atoms with Crippen LogP contribution in [0.3, 0.4) is 0 Å². The summed E-state index contributed by atoms with van der Waals surface area (Å²) in [7, 11) is 0. The third-order valence-corrected chi connectivity index (χ3v) is 3.54. The maximum atomic E-state index is 3.56. The first-order valence-electron chi connectivity index (χ1n) is 7.89. The molecule has 0 amide bonds. The van der Waals surface area contributed by atoms with Gasteiger partial charge in [-0.3, -0.25) is 0 Å². The first-order chi connectivity index (χ1) is 8.40. The fraction of sp³-hybridized carbons (Fsp3) is 1.00. The molecule has 0 fully saturated rings. The molecule has 0 aliphatic heterocycles. The van der Waals surface area contributed by atoms with Crippen molar-refractivity contribution < 1.29 is 0 Å². The van der Waals surface area contributed by atoms with E-state index < -0.39 is 0 Å². The van der Waals surface area contributed by atoms with Crippen LogP contribution in [0.1, 0.15) is 73.6 Å². The number of unbranched alkanes of at least 4 members (excludes halogenated alkanes) is 2. The SMILES string of the molecule is CCCCN(CCCCNC(C)(C)C)C(C)CC. The van der Waals surface area contributed by atoms with Crippen molar-refractivity contribution >= 4 is 0 Å². The van der Waals surface area contributed by atoms with Crippen LogP contribution in [0, 0.1) is 0 Å². The lowest BCUT2D eigenvalue weighted by Gasteiger charge is -2.28. The minimum Gasteiger partial charge on any atom is -0.312 e. The van der Waals surface area contributed by atoms with E-state index in [1.807, 2.05) is 0 Å². The number of hydrogen-bond donors (Lipinski definition) is 1. The number of hydrogen-bond acceptors (Lipinski definition) is 2. The molecule has 2 nitrogen and oxygen atoms in total. The summed E-state index contributed by atoms with van der Waals surface area (Å²) in [6.07, 6.45) is 6.51. The van der Waals surface area contributed by atoms with Gasteiger partial charge in [0.2, 0.25) is 0 Å². The van der Waals surface area contributed by atoms with Crippen LogP contribution in [0.2, 0.25) is 0 Å². The molecule has 1 unspecified atom stereocenters. The van der Waals surface area contributed by atoms with E-state index >= 15 is 0 Å². The van der Waals surface area contributed by atoms with Crippen LogP contribution in [-0.2, 0) is 0 Å². The largest absolute Gasteiger partial charge is 0.312 e. The van der Waals surface area contributed by atoms with Gasteiger partial charge in [-0.05, 0) is 73.0 Å². The molecule has 0 heterocycles. The zero-order valence-electron chi connectivity index (χ0n) is 13.7. The van der Waals surface area contributed by atoms with Crippen molar-refractivity contribution in [1.29, 1.82) is 0 Å². The molecule has 0 aliphatic rings. The third-order valence-electron chi connectivity index (χ3n) is 3.54. The summed E-state index contributed by atoms with van der Waals surface area (Å²) in [6.45, 7) is 17.3. The third kappa shape index (κ3) is 9.90. The van der Waals surface area contributed by atoms with Crippen molar-refractivity contribution in [1.82, 2.24) is 10.2 Å². The lowest BCUT2D eigenvalue weighted by atomic mass is 10.1. The van der Waals surface area contributed by atoms with Gasteiger partial charge in [0.15, 0.2) is 0 Å². The van der Waals surface area contributed by atoms with Gasteiger partial charge >= 0.3 is 0 Å². The Labute approximate surface area is 116 Å². The highest BCUT2D eigenvalue weighted by Gasteiger charge is 2.11. The first kappa shape index (κ1) is 17.9. The Morgan fingerprint density at radius 1 is 1.00 bits per heavy atom. The Morgan fingerprint density at radius 3 is 2.11 bits per heavy atom. The molecule has 1 N–H and O–H groups in total. The van der Waals surface area contributed by atoms with Crippen LogP contribution in [0.4, 0.5) is 0 Å². The normalized spacial score (nSPS) is 14.2. The van der Waals surface area contributed by atoms with Crippen LogP contribution in [-0.4, -0.2) is 36.1 Å². The summed E-state index contributed by atoms with van der Waals surface area (Å²) in [6, 6.07) is 0.743. The highest BCUT2D eigenvalue weighted by molar-refractivity contribution is 4.70. The fourth-order valence-electron chi connectivity index (χ4n) is 2.08. The Bertz CT molecular complexity index is 184. The van der Waals surface area contributed by atoms with E-state index in [1.165, 1.54) is 45.2 Å². The van der Waals surface area contributed by atoms with Crippen LogP contribution in [0.25, 0.3) is 0 Å². The van der Waals surface area contributed by atoms with Crippen molar-refractivity contribution in [2.45, 2.75) is 85.2 Å². The van der Waals surface area contributed by atoms with E-state index in [0.29, 0.717) is 0 Å². The fourth-order valence-corrected chi connectivity index (χ4v) is 2.08. The van der Waals surface area contributed by atoms with Crippen molar-refractivity contribution in [3.8, 4) is 0 Å². The molecule has 0 aromatic heterocycles. The minimum atomic E-state index is 0.263. The van der Waals surface area contributed by atoms with Crippen molar-refractivity contribution in [3.05, 3.63) is 0 Å². The van der Waals surface area contributed by atoms with E-state index in [-0.39, 0.29) is 5.54 Å². The van der Waals surface area contributed by atoms with E-state index in [2.05, 4.69) is 51.8 Å². The van der Waals surface area contributed by atoms with Gasteiger partial charge in [0, 0.05) is 11.6 Å². The molecule has 0 aromatic carbocycles. The minimum absolute atomic E-state index is 0.263. The zero-order valence-corrected chi connectivity index (χ0v) is 13.7. The highest BCUT2D eigenvalue weighted by atomic mass is 15.1. The predicted molar refractivity (Wildman–Crippen MR) is 83.2 cm³/mol. The summed E-state index contributed by atoms with van der Waals surface area (Å²) >= 11 is 0. The van der Waals surface area contributed by atoms with Crippen molar-refractivity contribution in [2.75, 3.05) is 19.6 Å². The molecule has 0 saturated heterocycles. The predicted octanol–water partition coefficient (Wildman–Crippen LogP) is 4.06. The molecule has 110 valence electrons. The van der Waals surface area contributed by atoms with E-state index in [0.717, 1.165) is 12.6 Å². The number of nitrogens with zero attached hydrogens (tertiary/aromatic N) is 1. The summed E-state index contributed by atoms with van der Waals surface area (Å²) in [5.41, 5.74) is 0.263. The molecule has 0 aliphatic carbocycles.